The molecule has 0 unspecified atom stereocenters. The molecule has 0 aromatic carbocycles. The van der Waals surface area contributed by atoms with Gasteiger partial charge in [-0.2, -0.15) is 0 Å². The van der Waals surface area contributed by atoms with Gasteiger partial charge in [-0.3, -0.25) is 4.98 Å². The maximum absolute atomic E-state index is 6.33. The van der Waals surface area contributed by atoms with Crippen molar-refractivity contribution >= 4 is 12.6 Å². The molecule has 0 atom stereocenters. The van der Waals surface area contributed by atoms with Crippen molar-refractivity contribution in [2.45, 2.75) is 70.7 Å². The van der Waals surface area contributed by atoms with Crippen LogP contribution in [0.5, 0.6) is 0 Å². The lowest BCUT2D eigenvalue weighted by Crippen LogP contribution is -2.41. The van der Waals surface area contributed by atoms with Crippen molar-refractivity contribution < 1.29 is 14.0 Å². The molecule has 118 valence electrons. The maximum Gasteiger partial charge on any atom is 0.497 e. The largest absolute Gasteiger partial charge is 0.497 e. The van der Waals surface area contributed by atoms with E-state index in [0.29, 0.717) is 12.5 Å². The van der Waals surface area contributed by atoms with Gasteiger partial charge in [0.2, 0.25) is 0 Å². The lowest BCUT2D eigenvalue weighted by atomic mass is 9.72. The van der Waals surface area contributed by atoms with E-state index in [-0.39, 0.29) is 18.3 Å². The molecule has 1 saturated carbocycles. The normalized spacial score (nSPS) is 26.1. The van der Waals surface area contributed by atoms with Gasteiger partial charge >= 0.3 is 7.12 Å². The van der Waals surface area contributed by atoms with Crippen LogP contribution in [-0.2, 0) is 27.1 Å². The minimum absolute atomic E-state index is 0.304. The highest BCUT2D eigenvalue weighted by molar-refractivity contribution is 6.63. The average Bonchev–Trinajstić information content (AvgIpc) is 3.26. The number of ether oxygens (including phenoxy) is 1. The molecule has 22 heavy (non-hydrogen) atoms. The van der Waals surface area contributed by atoms with Crippen molar-refractivity contribution in [1.82, 2.24) is 4.98 Å². The summed E-state index contributed by atoms with van der Waals surface area (Å²) in [5.74, 6) is 0.585. The number of aromatic nitrogens is 1. The first-order valence-corrected chi connectivity index (χ1v) is 8.33. The summed E-state index contributed by atoms with van der Waals surface area (Å²) in [5, 5.41) is 0. The van der Waals surface area contributed by atoms with Crippen molar-refractivity contribution in [3.8, 4) is 0 Å². The second kappa shape index (κ2) is 4.79. The first-order chi connectivity index (χ1) is 10.4. The number of hydrogen-bond donors (Lipinski definition) is 0. The van der Waals surface area contributed by atoms with E-state index in [4.69, 9.17) is 19.0 Å². The molecule has 0 amide bonds. The third-order valence-electron chi connectivity index (χ3n) is 5.56. The zero-order valence-electron chi connectivity index (χ0n) is 13.9. The Bertz CT molecular complexity index is 594. The van der Waals surface area contributed by atoms with Crippen LogP contribution >= 0.6 is 0 Å². The molecular formula is C17H24BNO3. The van der Waals surface area contributed by atoms with Crippen LogP contribution in [0.4, 0.5) is 0 Å². The number of nitrogens with zero attached hydrogens (tertiary/aromatic N) is 1. The molecule has 4 rings (SSSR count). The molecule has 0 radical (unpaired) electrons. The summed E-state index contributed by atoms with van der Waals surface area (Å²) < 4.78 is 18.3. The molecule has 2 aliphatic heterocycles. The summed E-state index contributed by atoms with van der Waals surface area (Å²) in [7, 11) is -0.304. The van der Waals surface area contributed by atoms with Crippen LogP contribution in [0.15, 0.2) is 6.20 Å². The van der Waals surface area contributed by atoms with Gasteiger partial charge in [-0.25, -0.2) is 0 Å². The van der Waals surface area contributed by atoms with Gasteiger partial charge in [-0.15, -0.1) is 0 Å². The molecule has 1 saturated heterocycles. The Kier molecular flexibility index (Phi) is 3.20. The van der Waals surface area contributed by atoms with Crippen molar-refractivity contribution in [3.63, 3.8) is 0 Å². The molecule has 2 fully saturated rings. The summed E-state index contributed by atoms with van der Waals surface area (Å²) in [6, 6.07) is 0. The van der Waals surface area contributed by atoms with Crippen LogP contribution < -0.4 is 5.46 Å². The van der Waals surface area contributed by atoms with Gasteiger partial charge in [0.15, 0.2) is 0 Å². The van der Waals surface area contributed by atoms with E-state index in [1.54, 1.807) is 0 Å². The summed E-state index contributed by atoms with van der Waals surface area (Å²) in [5.41, 5.74) is 4.31. The Labute approximate surface area is 132 Å². The van der Waals surface area contributed by atoms with E-state index in [9.17, 15) is 0 Å². The zero-order valence-corrected chi connectivity index (χ0v) is 13.9. The smallest absolute Gasteiger partial charge is 0.399 e. The number of rotatable bonds is 2. The third kappa shape index (κ3) is 2.22. The first kappa shape index (κ1) is 14.7. The third-order valence-corrected chi connectivity index (χ3v) is 5.56. The molecule has 5 heteroatoms. The van der Waals surface area contributed by atoms with E-state index in [1.807, 2.05) is 6.20 Å². The fourth-order valence-corrected chi connectivity index (χ4v) is 3.30. The molecular weight excluding hydrogens is 277 g/mol. The first-order valence-electron chi connectivity index (χ1n) is 8.33. The molecule has 1 aliphatic carbocycles. The van der Waals surface area contributed by atoms with E-state index in [0.717, 1.165) is 13.0 Å². The Morgan fingerprint density at radius 3 is 2.45 bits per heavy atom. The lowest BCUT2D eigenvalue weighted by Gasteiger charge is -2.32. The van der Waals surface area contributed by atoms with Crippen LogP contribution in [0.3, 0.4) is 0 Å². The highest BCUT2D eigenvalue weighted by Gasteiger charge is 2.53. The van der Waals surface area contributed by atoms with Crippen molar-refractivity contribution in [2.75, 3.05) is 6.61 Å². The van der Waals surface area contributed by atoms with Crippen molar-refractivity contribution in [1.29, 1.82) is 0 Å². The molecule has 3 heterocycles. The average molecular weight is 301 g/mol. The predicted molar refractivity (Wildman–Crippen MR) is 85.3 cm³/mol. The fourth-order valence-electron chi connectivity index (χ4n) is 3.30. The zero-order chi connectivity index (χ0) is 15.5. The topological polar surface area (TPSA) is 40.6 Å². The fraction of sp³-hybridized carbons (Fsp3) is 0.706. The van der Waals surface area contributed by atoms with Gasteiger partial charge in [0.25, 0.3) is 0 Å². The molecule has 1 aromatic rings. The van der Waals surface area contributed by atoms with Crippen molar-refractivity contribution in [2.24, 2.45) is 0 Å². The Hall–Kier alpha value is -0.905. The van der Waals surface area contributed by atoms with Crippen LogP contribution in [0, 0.1) is 0 Å². The molecule has 0 N–H and O–H groups in total. The Balaban J connectivity index is 1.80. The van der Waals surface area contributed by atoms with E-state index in [2.05, 4.69) is 27.7 Å². The molecule has 3 aliphatic rings. The molecule has 0 spiro atoms. The molecule has 0 bridgehead atoms. The number of hydrogen-bond acceptors (Lipinski definition) is 4. The predicted octanol–water partition coefficient (Wildman–Crippen LogP) is 2.33. The van der Waals surface area contributed by atoms with Gasteiger partial charge < -0.3 is 14.0 Å². The second-order valence-corrected chi connectivity index (χ2v) is 7.73. The summed E-state index contributed by atoms with van der Waals surface area (Å²) >= 11 is 0. The lowest BCUT2D eigenvalue weighted by molar-refractivity contribution is 0.00578. The quantitative estimate of drug-likeness (QED) is 0.786. The second-order valence-electron chi connectivity index (χ2n) is 7.73. The summed E-state index contributed by atoms with van der Waals surface area (Å²) in [4.78, 5) is 4.75. The van der Waals surface area contributed by atoms with Gasteiger partial charge in [-0.05, 0) is 58.1 Å². The Morgan fingerprint density at radius 2 is 1.82 bits per heavy atom. The van der Waals surface area contributed by atoms with Gasteiger partial charge in [0.05, 0.1) is 24.4 Å². The number of fused-ring (bicyclic) bond motifs is 1. The van der Waals surface area contributed by atoms with Crippen LogP contribution in [0.2, 0.25) is 0 Å². The monoisotopic (exact) mass is 301 g/mol. The number of pyridine rings is 1. The summed E-state index contributed by atoms with van der Waals surface area (Å²) in [6.45, 7) is 9.85. The van der Waals surface area contributed by atoms with Crippen LogP contribution in [0.1, 0.15) is 63.3 Å². The van der Waals surface area contributed by atoms with E-state index in [1.165, 1.54) is 35.1 Å². The minimum Gasteiger partial charge on any atom is -0.399 e. The SMILES string of the molecule is CC1(C)OB(c2c(C3CC3)ncc3c2CCOC3)OC1(C)C. The highest BCUT2D eigenvalue weighted by Crippen LogP contribution is 2.42. The minimum atomic E-state index is -0.313. The van der Waals surface area contributed by atoms with Gasteiger partial charge in [-0.1, -0.05) is 0 Å². The van der Waals surface area contributed by atoms with Gasteiger partial charge in [0, 0.05) is 23.3 Å². The highest BCUT2D eigenvalue weighted by atomic mass is 16.7. The molecule has 1 aromatic heterocycles. The summed E-state index contributed by atoms with van der Waals surface area (Å²) in [6.07, 6.45) is 5.39. The molecule has 4 nitrogen and oxygen atoms in total. The maximum atomic E-state index is 6.33. The van der Waals surface area contributed by atoms with E-state index >= 15 is 0 Å². The van der Waals surface area contributed by atoms with Crippen molar-refractivity contribution in [3.05, 3.63) is 23.0 Å². The van der Waals surface area contributed by atoms with E-state index < -0.39 is 0 Å². The standard InChI is InChI=1S/C17H24BNO3/c1-16(2)17(3,4)22-18(21-16)14-13-7-8-20-10-12(13)9-19-15(14)11-5-6-11/h9,11H,5-8,10H2,1-4H3. The van der Waals surface area contributed by atoms with Crippen LogP contribution in [-0.4, -0.2) is 29.9 Å². The Morgan fingerprint density at radius 1 is 1.14 bits per heavy atom. The van der Waals surface area contributed by atoms with Crippen LogP contribution in [0.25, 0.3) is 0 Å². The van der Waals surface area contributed by atoms with Gasteiger partial charge in [0.1, 0.15) is 0 Å².